The first kappa shape index (κ1) is 12.8. The summed E-state index contributed by atoms with van der Waals surface area (Å²) in [6, 6.07) is 7.89. The van der Waals surface area contributed by atoms with Crippen LogP contribution >= 0.6 is 0 Å². The summed E-state index contributed by atoms with van der Waals surface area (Å²) in [5.74, 6) is 0.822. The number of nitrogens with two attached hydrogens (primary N) is 1. The quantitative estimate of drug-likeness (QED) is 0.793. The number of rotatable bonds is 6. The summed E-state index contributed by atoms with van der Waals surface area (Å²) >= 11 is 0. The fraction of sp³-hybridized carbons (Fsp3) is 0.357. The first-order chi connectivity index (χ1) is 8.86. The lowest BCUT2D eigenvalue weighted by atomic mass is 10.1. The molecule has 0 bridgehead atoms. The molecule has 2 rings (SSSR count). The summed E-state index contributed by atoms with van der Waals surface area (Å²) in [6.45, 7) is 4.19. The number of pyridine rings is 1. The first-order valence-electron chi connectivity index (χ1n) is 6.14. The molecule has 1 heterocycles. The van der Waals surface area contributed by atoms with Gasteiger partial charge in [0.1, 0.15) is 12.4 Å². The van der Waals surface area contributed by atoms with Gasteiger partial charge in [0.15, 0.2) is 0 Å². The van der Waals surface area contributed by atoms with Crippen molar-refractivity contribution in [2.45, 2.75) is 13.5 Å². The summed E-state index contributed by atoms with van der Waals surface area (Å²) in [5.41, 5.74) is 7.56. The van der Waals surface area contributed by atoms with Crippen LogP contribution in [0.2, 0.25) is 0 Å². The summed E-state index contributed by atoms with van der Waals surface area (Å²) in [7, 11) is 0. The second-order valence-corrected chi connectivity index (χ2v) is 3.88. The van der Waals surface area contributed by atoms with Gasteiger partial charge in [-0.3, -0.25) is 4.98 Å². The van der Waals surface area contributed by atoms with Gasteiger partial charge in [0.05, 0.1) is 12.1 Å². The molecule has 1 aromatic carbocycles. The number of ether oxygens (including phenoxy) is 2. The zero-order chi connectivity index (χ0) is 12.8. The van der Waals surface area contributed by atoms with E-state index >= 15 is 0 Å². The minimum Gasteiger partial charge on any atom is -0.490 e. The van der Waals surface area contributed by atoms with Crippen molar-refractivity contribution in [1.82, 2.24) is 4.98 Å². The van der Waals surface area contributed by atoms with Gasteiger partial charge >= 0.3 is 0 Å². The molecule has 0 aliphatic heterocycles. The number of fused-ring (bicyclic) bond motifs is 1. The molecule has 4 nitrogen and oxygen atoms in total. The average Bonchev–Trinajstić information content (AvgIpc) is 2.43. The zero-order valence-electron chi connectivity index (χ0n) is 10.6. The molecular formula is C14H18N2O2. The van der Waals surface area contributed by atoms with Gasteiger partial charge in [-0.15, -0.1) is 0 Å². The van der Waals surface area contributed by atoms with Crippen LogP contribution in [0.4, 0.5) is 0 Å². The highest BCUT2D eigenvalue weighted by molar-refractivity contribution is 5.86. The van der Waals surface area contributed by atoms with E-state index in [1.807, 2.05) is 31.2 Å². The van der Waals surface area contributed by atoms with Gasteiger partial charge in [-0.25, -0.2) is 0 Å². The van der Waals surface area contributed by atoms with Gasteiger partial charge in [0, 0.05) is 30.3 Å². The third-order valence-corrected chi connectivity index (χ3v) is 2.70. The molecule has 0 radical (unpaired) electrons. The van der Waals surface area contributed by atoms with Crippen molar-refractivity contribution in [3.63, 3.8) is 0 Å². The van der Waals surface area contributed by atoms with E-state index in [0.29, 0.717) is 26.4 Å². The predicted molar refractivity (Wildman–Crippen MR) is 71.6 cm³/mol. The maximum atomic E-state index is 5.80. The maximum Gasteiger partial charge on any atom is 0.134 e. The second-order valence-electron chi connectivity index (χ2n) is 3.88. The van der Waals surface area contributed by atoms with Gasteiger partial charge in [-0.05, 0) is 19.1 Å². The molecule has 0 unspecified atom stereocenters. The van der Waals surface area contributed by atoms with E-state index in [1.54, 1.807) is 6.20 Å². The number of hydrogen-bond donors (Lipinski definition) is 1. The van der Waals surface area contributed by atoms with E-state index in [2.05, 4.69) is 4.98 Å². The first-order valence-corrected chi connectivity index (χ1v) is 6.14. The average molecular weight is 246 g/mol. The molecule has 0 aliphatic rings. The molecule has 0 fully saturated rings. The van der Waals surface area contributed by atoms with Crippen molar-refractivity contribution in [2.75, 3.05) is 19.8 Å². The molecule has 0 atom stereocenters. The molecule has 1 aromatic heterocycles. The normalized spacial score (nSPS) is 10.8. The van der Waals surface area contributed by atoms with Crippen molar-refractivity contribution in [1.29, 1.82) is 0 Å². The van der Waals surface area contributed by atoms with Crippen molar-refractivity contribution in [3.8, 4) is 5.75 Å². The van der Waals surface area contributed by atoms with E-state index in [-0.39, 0.29) is 0 Å². The third kappa shape index (κ3) is 2.78. The number of benzene rings is 1. The van der Waals surface area contributed by atoms with Gasteiger partial charge in [0.2, 0.25) is 0 Å². The summed E-state index contributed by atoms with van der Waals surface area (Å²) in [6.07, 6.45) is 1.78. The molecule has 0 saturated heterocycles. The van der Waals surface area contributed by atoms with Crippen molar-refractivity contribution in [3.05, 3.63) is 36.0 Å². The van der Waals surface area contributed by atoms with E-state index in [9.17, 15) is 0 Å². The van der Waals surface area contributed by atoms with Crippen LogP contribution in [-0.4, -0.2) is 24.8 Å². The number of nitrogens with zero attached hydrogens (tertiary/aromatic N) is 1. The molecule has 18 heavy (non-hydrogen) atoms. The summed E-state index contributed by atoms with van der Waals surface area (Å²) in [4.78, 5) is 4.37. The molecule has 0 aliphatic carbocycles. The molecule has 0 amide bonds. The van der Waals surface area contributed by atoms with E-state index in [4.69, 9.17) is 15.2 Å². The number of hydrogen-bond acceptors (Lipinski definition) is 4. The molecule has 0 saturated carbocycles. The predicted octanol–water partition coefficient (Wildman–Crippen LogP) is 2.11. The van der Waals surface area contributed by atoms with Crippen LogP contribution in [0.1, 0.15) is 12.5 Å². The fourth-order valence-corrected chi connectivity index (χ4v) is 1.82. The van der Waals surface area contributed by atoms with E-state index in [1.165, 1.54) is 0 Å². The Labute approximate surface area is 107 Å². The van der Waals surface area contributed by atoms with Crippen LogP contribution in [0.25, 0.3) is 10.9 Å². The minimum absolute atomic E-state index is 0.418. The minimum atomic E-state index is 0.418. The highest BCUT2D eigenvalue weighted by atomic mass is 16.5. The van der Waals surface area contributed by atoms with E-state index in [0.717, 1.165) is 22.2 Å². The summed E-state index contributed by atoms with van der Waals surface area (Å²) in [5, 5.41) is 0.997. The molecule has 4 heteroatoms. The Balaban J connectivity index is 2.27. The number of aromatic nitrogens is 1. The van der Waals surface area contributed by atoms with Crippen LogP contribution in [0, 0.1) is 0 Å². The van der Waals surface area contributed by atoms with Crippen LogP contribution in [0.5, 0.6) is 5.75 Å². The van der Waals surface area contributed by atoms with Gasteiger partial charge < -0.3 is 15.2 Å². The Hall–Kier alpha value is -1.65. The topological polar surface area (TPSA) is 57.4 Å². The maximum absolute atomic E-state index is 5.80. The lowest BCUT2D eigenvalue weighted by Crippen LogP contribution is -2.09. The summed E-state index contributed by atoms with van der Waals surface area (Å²) < 4.78 is 11.1. The van der Waals surface area contributed by atoms with Crippen molar-refractivity contribution >= 4 is 10.9 Å². The highest BCUT2D eigenvalue weighted by Crippen LogP contribution is 2.27. The smallest absolute Gasteiger partial charge is 0.134 e. The molecular weight excluding hydrogens is 228 g/mol. The molecule has 0 spiro atoms. The zero-order valence-corrected chi connectivity index (χ0v) is 10.6. The monoisotopic (exact) mass is 246 g/mol. The Morgan fingerprint density at radius 2 is 2.06 bits per heavy atom. The highest BCUT2D eigenvalue weighted by Gasteiger charge is 2.08. The van der Waals surface area contributed by atoms with Gasteiger partial charge in [-0.2, -0.15) is 0 Å². The molecule has 2 N–H and O–H groups in total. The number of para-hydroxylation sites is 1. The Morgan fingerprint density at radius 3 is 2.83 bits per heavy atom. The van der Waals surface area contributed by atoms with Crippen molar-refractivity contribution < 1.29 is 9.47 Å². The SMILES string of the molecule is CCOCCOc1c(CN)cnc2ccccc12. The Kier molecular flexibility index (Phi) is 4.50. The second kappa shape index (κ2) is 6.33. The molecule has 96 valence electrons. The van der Waals surface area contributed by atoms with E-state index < -0.39 is 0 Å². The van der Waals surface area contributed by atoms with Crippen LogP contribution in [0.3, 0.4) is 0 Å². The Bertz CT molecular complexity index is 514. The van der Waals surface area contributed by atoms with Crippen LogP contribution < -0.4 is 10.5 Å². The Morgan fingerprint density at radius 1 is 1.22 bits per heavy atom. The van der Waals surface area contributed by atoms with Crippen LogP contribution in [-0.2, 0) is 11.3 Å². The molecule has 2 aromatic rings. The third-order valence-electron chi connectivity index (χ3n) is 2.70. The lowest BCUT2D eigenvalue weighted by Gasteiger charge is -2.12. The standard InChI is InChI=1S/C14H18N2O2/c1-2-17-7-8-18-14-11(9-15)10-16-13-6-4-3-5-12(13)14/h3-6,10H,2,7-9,15H2,1H3. The van der Waals surface area contributed by atoms with Crippen molar-refractivity contribution in [2.24, 2.45) is 5.73 Å². The van der Waals surface area contributed by atoms with Gasteiger partial charge in [0.25, 0.3) is 0 Å². The van der Waals surface area contributed by atoms with Gasteiger partial charge in [-0.1, -0.05) is 12.1 Å². The lowest BCUT2D eigenvalue weighted by molar-refractivity contribution is 0.110. The fourth-order valence-electron chi connectivity index (χ4n) is 1.82. The van der Waals surface area contributed by atoms with Crippen LogP contribution in [0.15, 0.2) is 30.5 Å². The largest absolute Gasteiger partial charge is 0.490 e.